The standard InChI is InChI=1S/C22H19BrN2O4S/c1-29-19-7-5-18(6-8-19)24-22(26)16-2-11-21-15(14-16)12-13-25(21)30(27,28)20-9-3-17(23)4-10-20/h2-11,14H,12-13H2,1H3,(H,24,26). The molecule has 0 aliphatic carbocycles. The van der Waals surface area contributed by atoms with E-state index in [4.69, 9.17) is 4.74 Å². The van der Waals surface area contributed by atoms with E-state index in [2.05, 4.69) is 21.2 Å². The van der Waals surface area contributed by atoms with E-state index >= 15 is 0 Å². The number of hydrogen-bond donors (Lipinski definition) is 1. The van der Waals surface area contributed by atoms with Gasteiger partial charge in [-0.1, -0.05) is 15.9 Å². The van der Waals surface area contributed by atoms with Crippen LogP contribution in [0.4, 0.5) is 11.4 Å². The van der Waals surface area contributed by atoms with Crippen molar-refractivity contribution >= 4 is 43.2 Å². The number of carbonyl (C=O) groups is 1. The summed E-state index contributed by atoms with van der Waals surface area (Å²) >= 11 is 3.32. The predicted molar refractivity (Wildman–Crippen MR) is 120 cm³/mol. The number of carbonyl (C=O) groups excluding carboxylic acids is 1. The molecule has 0 aromatic heterocycles. The SMILES string of the molecule is COc1ccc(NC(=O)c2ccc3c(c2)CCN3S(=O)(=O)c2ccc(Br)cc2)cc1. The van der Waals surface area contributed by atoms with Crippen LogP contribution in [-0.4, -0.2) is 28.0 Å². The number of nitrogens with one attached hydrogen (secondary N) is 1. The van der Waals surface area contributed by atoms with Crippen LogP contribution in [0.3, 0.4) is 0 Å². The lowest BCUT2D eigenvalue weighted by Gasteiger charge is -2.20. The average molecular weight is 487 g/mol. The molecule has 8 heteroatoms. The Labute approximate surface area is 183 Å². The Morgan fingerprint density at radius 3 is 2.40 bits per heavy atom. The molecular weight excluding hydrogens is 468 g/mol. The molecule has 0 saturated carbocycles. The fourth-order valence-corrected chi connectivity index (χ4v) is 5.14. The van der Waals surface area contributed by atoms with Crippen molar-refractivity contribution in [2.24, 2.45) is 0 Å². The van der Waals surface area contributed by atoms with Gasteiger partial charge < -0.3 is 10.1 Å². The summed E-state index contributed by atoms with van der Waals surface area (Å²) in [4.78, 5) is 12.9. The Kier molecular flexibility index (Phi) is 5.53. The van der Waals surface area contributed by atoms with Crippen LogP contribution < -0.4 is 14.4 Å². The first kappa shape index (κ1) is 20.4. The fraction of sp³-hybridized carbons (Fsp3) is 0.136. The van der Waals surface area contributed by atoms with Gasteiger partial charge in [-0.05, 0) is 78.7 Å². The van der Waals surface area contributed by atoms with Gasteiger partial charge in [0.2, 0.25) is 0 Å². The Morgan fingerprint density at radius 2 is 1.73 bits per heavy atom. The number of nitrogens with zero attached hydrogens (tertiary/aromatic N) is 1. The van der Waals surface area contributed by atoms with E-state index in [0.717, 1.165) is 10.0 Å². The molecule has 6 nitrogen and oxygen atoms in total. The number of halogens is 1. The second kappa shape index (κ2) is 8.12. The maximum absolute atomic E-state index is 13.0. The molecule has 1 aliphatic rings. The van der Waals surface area contributed by atoms with Crippen LogP contribution in [0.25, 0.3) is 0 Å². The fourth-order valence-electron chi connectivity index (χ4n) is 3.37. The zero-order valence-corrected chi connectivity index (χ0v) is 18.5. The topological polar surface area (TPSA) is 75.7 Å². The molecule has 0 saturated heterocycles. The van der Waals surface area contributed by atoms with Gasteiger partial charge in [-0.3, -0.25) is 9.10 Å². The summed E-state index contributed by atoms with van der Waals surface area (Å²) in [5.41, 5.74) is 2.57. The minimum Gasteiger partial charge on any atom is -0.497 e. The Hall–Kier alpha value is -2.84. The van der Waals surface area contributed by atoms with Gasteiger partial charge in [0.05, 0.1) is 17.7 Å². The van der Waals surface area contributed by atoms with E-state index in [0.29, 0.717) is 35.7 Å². The highest BCUT2D eigenvalue weighted by atomic mass is 79.9. The maximum atomic E-state index is 13.0. The smallest absolute Gasteiger partial charge is 0.264 e. The Morgan fingerprint density at radius 1 is 1.03 bits per heavy atom. The van der Waals surface area contributed by atoms with E-state index in [1.807, 2.05) is 0 Å². The minimum absolute atomic E-state index is 0.236. The van der Waals surface area contributed by atoms with Gasteiger partial charge in [0.25, 0.3) is 15.9 Å². The number of anilines is 2. The largest absolute Gasteiger partial charge is 0.497 e. The molecule has 1 amide bonds. The summed E-state index contributed by atoms with van der Waals surface area (Å²) in [6.07, 6.45) is 0.550. The third-order valence-corrected chi connectivity index (χ3v) is 7.30. The predicted octanol–water partition coefficient (Wildman–Crippen LogP) is 4.46. The molecule has 4 rings (SSSR count). The molecule has 0 atom stereocenters. The molecule has 0 unspecified atom stereocenters. The van der Waals surface area contributed by atoms with Crippen molar-refractivity contribution in [3.63, 3.8) is 0 Å². The normalized spacial score (nSPS) is 13.1. The second-order valence-corrected chi connectivity index (χ2v) is 9.59. The number of hydrogen-bond acceptors (Lipinski definition) is 4. The first-order valence-corrected chi connectivity index (χ1v) is 11.5. The first-order valence-electron chi connectivity index (χ1n) is 9.25. The third kappa shape index (κ3) is 3.93. The lowest BCUT2D eigenvalue weighted by atomic mass is 10.1. The quantitative estimate of drug-likeness (QED) is 0.577. The highest BCUT2D eigenvalue weighted by Gasteiger charge is 2.31. The Balaban J connectivity index is 1.55. The monoisotopic (exact) mass is 486 g/mol. The molecule has 0 fully saturated rings. The van der Waals surface area contributed by atoms with E-state index < -0.39 is 10.0 Å². The molecule has 0 spiro atoms. The molecular formula is C22H19BrN2O4S. The van der Waals surface area contributed by atoms with Gasteiger partial charge >= 0.3 is 0 Å². The summed E-state index contributed by atoms with van der Waals surface area (Å²) in [5, 5.41) is 2.84. The molecule has 3 aromatic carbocycles. The highest BCUT2D eigenvalue weighted by molar-refractivity contribution is 9.10. The molecule has 30 heavy (non-hydrogen) atoms. The molecule has 1 heterocycles. The number of amides is 1. The molecule has 1 aliphatic heterocycles. The van der Waals surface area contributed by atoms with Crippen LogP contribution in [-0.2, 0) is 16.4 Å². The summed E-state index contributed by atoms with van der Waals surface area (Å²) in [7, 11) is -2.08. The summed E-state index contributed by atoms with van der Waals surface area (Å²) in [5.74, 6) is 0.454. The molecule has 154 valence electrons. The van der Waals surface area contributed by atoms with E-state index in [-0.39, 0.29) is 10.8 Å². The van der Waals surface area contributed by atoms with E-state index in [1.165, 1.54) is 4.31 Å². The molecule has 0 bridgehead atoms. The van der Waals surface area contributed by atoms with Crippen LogP contribution in [0, 0.1) is 0 Å². The highest BCUT2D eigenvalue weighted by Crippen LogP contribution is 2.34. The summed E-state index contributed by atoms with van der Waals surface area (Å²) in [6.45, 7) is 0.345. The number of fused-ring (bicyclic) bond motifs is 1. The van der Waals surface area contributed by atoms with Crippen molar-refractivity contribution in [1.29, 1.82) is 0 Å². The lowest BCUT2D eigenvalue weighted by molar-refractivity contribution is 0.102. The van der Waals surface area contributed by atoms with Gasteiger partial charge in [-0.15, -0.1) is 0 Å². The number of methoxy groups -OCH3 is 1. The first-order chi connectivity index (χ1) is 14.4. The van der Waals surface area contributed by atoms with Crippen LogP contribution in [0.1, 0.15) is 15.9 Å². The van der Waals surface area contributed by atoms with Gasteiger partial charge in [-0.2, -0.15) is 0 Å². The van der Waals surface area contributed by atoms with Crippen LogP contribution in [0.15, 0.2) is 76.1 Å². The van der Waals surface area contributed by atoms with Gasteiger partial charge in [0.1, 0.15) is 5.75 Å². The van der Waals surface area contributed by atoms with Crippen molar-refractivity contribution in [3.8, 4) is 5.75 Å². The van der Waals surface area contributed by atoms with E-state index in [1.54, 1.807) is 73.8 Å². The number of benzene rings is 3. The van der Waals surface area contributed by atoms with Crippen molar-refractivity contribution in [1.82, 2.24) is 0 Å². The molecule has 0 radical (unpaired) electrons. The Bertz CT molecular complexity index is 1190. The zero-order chi connectivity index (χ0) is 21.3. The van der Waals surface area contributed by atoms with Gasteiger partial charge in [0, 0.05) is 22.3 Å². The van der Waals surface area contributed by atoms with Crippen molar-refractivity contribution in [2.45, 2.75) is 11.3 Å². The van der Waals surface area contributed by atoms with Crippen molar-refractivity contribution in [3.05, 3.63) is 82.3 Å². The van der Waals surface area contributed by atoms with Crippen LogP contribution in [0.2, 0.25) is 0 Å². The summed E-state index contributed by atoms with van der Waals surface area (Å²) < 4.78 is 33.4. The molecule has 3 aromatic rings. The number of ether oxygens (including phenoxy) is 1. The lowest BCUT2D eigenvalue weighted by Crippen LogP contribution is -2.29. The third-order valence-electron chi connectivity index (χ3n) is 4.94. The zero-order valence-electron chi connectivity index (χ0n) is 16.1. The summed E-state index contributed by atoms with van der Waals surface area (Å²) in [6, 6.07) is 18.7. The van der Waals surface area contributed by atoms with Gasteiger partial charge in [0.15, 0.2) is 0 Å². The minimum atomic E-state index is -3.66. The van der Waals surface area contributed by atoms with Gasteiger partial charge in [-0.25, -0.2) is 8.42 Å². The second-order valence-electron chi connectivity index (χ2n) is 6.81. The number of sulfonamides is 1. The molecule has 1 N–H and O–H groups in total. The van der Waals surface area contributed by atoms with Crippen molar-refractivity contribution < 1.29 is 17.9 Å². The average Bonchev–Trinajstić information content (AvgIpc) is 3.18. The van der Waals surface area contributed by atoms with Crippen LogP contribution in [0.5, 0.6) is 5.75 Å². The van der Waals surface area contributed by atoms with Crippen LogP contribution >= 0.6 is 15.9 Å². The van der Waals surface area contributed by atoms with Crippen molar-refractivity contribution in [2.75, 3.05) is 23.3 Å². The number of rotatable bonds is 5. The van der Waals surface area contributed by atoms with E-state index in [9.17, 15) is 13.2 Å². The maximum Gasteiger partial charge on any atom is 0.264 e.